The monoisotopic (exact) mass is 345 g/mol. The number of anilines is 1. The van der Waals surface area contributed by atoms with Crippen molar-refractivity contribution in [2.24, 2.45) is 0 Å². The molecule has 0 radical (unpaired) electrons. The number of nitrogens with zero attached hydrogens (tertiary/aromatic N) is 2. The third-order valence-corrected chi connectivity index (χ3v) is 3.98. The average molecular weight is 345 g/mol. The summed E-state index contributed by atoms with van der Waals surface area (Å²) in [4.78, 5) is 30.4. The Bertz CT molecular complexity index is 855. The standard InChI is InChI=1S/C17H19N3O5/c1-3-13-19-15-11(5-4-6-12(15)25-13)18-14-10(17(23)24-2)9-20(7-8-21)16(14)22/h4-6,18,21H,3,7-9H2,1-2H3. The normalized spacial score (nSPS) is 14.5. The van der Waals surface area contributed by atoms with E-state index in [2.05, 4.69) is 10.3 Å². The quantitative estimate of drug-likeness (QED) is 0.754. The zero-order chi connectivity index (χ0) is 18.0. The minimum absolute atomic E-state index is 0.0867. The third kappa shape index (κ3) is 3.08. The zero-order valence-corrected chi connectivity index (χ0v) is 14.0. The van der Waals surface area contributed by atoms with Gasteiger partial charge in [-0.15, -0.1) is 0 Å². The summed E-state index contributed by atoms with van der Waals surface area (Å²) in [6.07, 6.45) is 0.646. The van der Waals surface area contributed by atoms with E-state index < -0.39 is 5.97 Å². The summed E-state index contributed by atoms with van der Waals surface area (Å²) in [5, 5.41) is 12.1. The number of aryl methyl sites for hydroxylation is 1. The molecular weight excluding hydrogens is 326 g/mol. The van der Waals surface area contributed by atoms with Crippen molar-refractivity contribution < 1.29 is 23.8 Å². The fourth-order valence-corrected chi connectivity index (χ4v) is 2.73. The summed E-state index contributed by atoms with van der Waals surface area (Å²) < 4.78 is 10.4. The first-order chi connectivity index (χ1) is 12.1. The van der Waals surface area contributed by atoms with Crippen LogP contribution in [0.5, 0.6) is 0 Å². The second-order valence-electron chi connectivity index (χ2n) is 5.53. The molecule has 1 aliphatic heterocycles. The summed E-state index contributed by atoms with van der Waals surface area (Å²) in [6.45, 7) is 1.97. The molecule has 0 bridgehead atoms. The summed E-state index contributed by atoms with van der Waals surface area (Å²) in [5.41, 5.74) is 2.10. The Kier molecular flexibility index (Phi) is 4.71. The Morgan fingerprint density at radius 2 is 2.28 bits per heavy atom. The van der Waals surface area contributed by atoms with E-state index in [0.717, 1.165) is 0 Å². The van der Waals surface area contributed by atoms with Crippen molar-refractivity contribution in [1.29, 1.82) is 0 Å². The van der Waals surface area contributed by atoms with Crippen LogP contribution < -0.4 is 5.32 Å². The fourth-order valence-electron chi connectivity index (χ4n) is 2.73. The number of oxazole rings is 1. The van der Waals surface area contributed by atoms with E-state index >= 15 is 0 Å². The topological polar surface area (TPSA) is 105 Å². The third-order valence-electron chi connectivity index (χ3n) is 3.98. The van der Waals surface area contributed by atoms with Crippen LogP contribution in [0.15, 0.2) is 33.9 Å². The number of aliphatic hydroxyl groups is 1. The van der Waals surface area contributed by atoms with Gasteiger partial charge in [0.2, 0.25) is 0 Å². The van der Waals surface area contributed by atoms with Crippen molar-refractivity contribution in [3.63, 3.8) is 0 Å². The van der Waals surface area contributed by atoms with E-state index in [9.17, 15) is 9.59 Å². The Morgan fingerprint density at radius 1 is 1.48 bits per heavy atom. The molecule has 0 spiro atoms. The van der Waals surface area contributed by atoms with Gasteiger partial charge in [0.05, 0.1) is 31.5 Å². The maximum Gasteiger partial charge on any atom is 0.337 e. The number of carbonyl (C=O) groups excluding carboxylic acids is 2. The number of aromatic nitrogens is 1. The van der Waals surface area contributed by atoms with Crippen LogP contribution in [0.1, 0.15) is 12.8 Å². The van der Waals surface area contributed by atoms with Crippen LogP contribution in [0, 0.1) is 0 Å². The van der Waals surface area contributed by atoms with E-state index in [1.165, 1.54) is 12.0 Å². The van der Waals surface area contributed by atoms with Crippen LogP contribution in [-0.4, -0.2) is 53.7 Å². The number of benzene rings is 1. The molecule has 2 N–H and O–H groups in total. The van der Waals surface area contributed by atoms with Crippen molar-refractivity contribution in [2.75, 3.05) is 32.1 Å². The SMILES string of the molecule is CCc1nc2c(NC3=C(C(=O)OC)CN(CCO)C3=O)cccc2o1. The lowest BCUT2D eigenvalue weighted by molar-refractivity contribution is -0.136. The molecule has 1 aromatic heterocycles. The van der Waals surface area contributed by atoms with Crippen LogP contribution in [0.2, 0.25) is 0 Å². The predicted octanol–water partition coefficient (Wildman–Crippen LogP) is 1.06. The number of β-amino-alcohol motifs (C(OH)–C–C–N with tert-alkyl or cyclic N) is 1. The van der Waals surface area contributed by atoms with Gasteiger partial charge in [-0.1, -0.05) is 13.0 Å². The summed E-state index contributed by atoms with van der Waals surface area (Å²) in [6, 6.07) is 5.32. The molecule has 0 aliphatic carbocycles. The van der Waals surface area contributed by atoms with E-state index in [0.29, 0.717) is 29.1 Å². The molecule has 2 aromatic rings. The first kappa shape index (κ1) is 17.0. The Hall–Kier alpha value is -2.87. The van der Waals surface area contributed by atoms with Crippen LogP contribution >= 0.6 is 0 Å². The average Bonchev–Trinajstić information content (AvgIpc) is 3.18. The molecule has 0 atom stereocenters. The highest BCUT2D eigenvalue weighted by Crippen LogP contribution is 2.28. The van der Waals surface area contributed by atoms with Crippen LogP contribution in [0.25, 0.3) is 11.1 Å². The molecule has 0 unspecified atom stereocenters. The molecule has 0 saturated carbocycles. The maximum absolute atomic E-state index is 12.6. The highest BCUT2D eigenvalue weighted by atomic mass is 16.5. The molecule has 0 saturated heterocycles. The van der Waals surface area contributed by atoms with Crippen molar-refractivity contribution in [1.82, 2.24) is 9.88 Å². The molecular formula is C17H19N3O5. The van der Waals surface area contributed by atoms with Crippen molar-refractivity contribution in [3.8, 4) is 0 Å². The number of nitrogens with one attached hydrogen (secondary N) is 1. The Balaban J connectivity index is 2.00. The largest absolute Gasteiger partial charge is 0.466 e. The first-order valence-electron chi connectivity index (χ1n) is 7.96. The van der Waals surface area contributed by atoms with Crippen molar-refractivity contribution in [3.05, 3.63) is 35.4 Å². The number of carbonyl (C=O) groups is 2. The number of para-hydroxylation sites is 1. The van der Waals surface area contributed by atoms with Gasteiger partial charge in [-0.3, -0.25) is 4.79 Å². The van der Waals surface area contributed by atoms with E-state index in [1.54, 1.807) is 18.2 Å². The van der Waals surface area contributed by atoms with Gasteiger partial charge in [0.1, 0.15) is 11.2 Å². The number of hydrogen-bond acceptors (Lipinski definition) is 7. The molecule has 25 heavy (non-hydrogen) atoms. The van der Waals surface area contributed by atoms with Gasteiger partial charge >= 0.3 is 5.97 Å². The van der Waals surface area contributed by atoms with Crippen LogP contribution in [-0.2, 0) is 20.7 Å². The number of fused-ring (bicyclic) bond motifs is 1. The zero-order valence-electron chi connectivity index (χ0n) is 14.0. The van der Waals surface area contributed by atoms with Crippen LogP contribution in [0.4, 0.5) is 5.69 Å². The smallest absolute Gasteiger partial charge is 0.337 e. The lowest BCUT2D eigenvalue weighted by Crippen LogP contribution is -2.31. The highest BCUT2D eigenvalue weighted by Gasteiger charge is 2.34. The predicted molar refractivity (Wildman–Crippen MR) is 89.7 cm³/mol. The summed E-state index contributed by atoms with van der Waals surface area (Å²) >= 11 is 0. The molecule has 132 valence electrons. The van der Waals surface area contributed by atoms with Crippen molar-refractivity contribution >= 4 is 28.7 Å². The Labute approximate surface area is 144 Å². The number of amides is 1. The van der Waals surface area contributed by atoms with Gasteiger partial charge in [-0.25, -0.2) is 9.78 Å². The molecule has 2 heterocycles. The second kappa shape index (κ2) is 6.94. The molecule has 1 aromatic carbocycles. The lowest BCUT2D eigenvalue weighted by atomic mass is 10.2. The van der Waals surface area contributed by atoms with Crippen molar-refractivity contribution in [2.45, 2.75) is 13.3 Å². The van der Waals surface area contributed by atoms with Crippen LogP contribution in [0.3, 0.4) is 0 Å². The highest BCUT2D eigenvalue weighted by molar-refractivity contribution is 6.09. The number of rotatable bonds is 6. The summed E-state index contributed by atoms with van der Waals surface area (Å²) in [7, 11) is 1.26. The number of hydrogen-bond donors (Lipinski definition) is 2. The molecule has 8 nitrogen and oxygen atoms in total. The van der Waals surface area contributed by atoms with Gasteiger partial charge in [0, 0.05) is 13.0 Å². The van der Waals surface area contributed by atoms with Gasteiger partial charge < -0.3 is 24.5 Å². The van der Waals surface area contributed by atoms with Gasteiger partial charge in [-0.2, -0.15) is 0 Å². The number of esters is 1. The molecule has 0 fully saturated rings. The molecule has 1 aliphatic rings. The van der Waals surface area contributed by atoms with E-state index in [4.69, 9.17) is 14.3 Å². The first-order valence-corrected chi connectivity index (χ1v) is 7.96. The van der Waals surface area contributed by atoms with Gasteiger partial charge in [-0.05, 0) is 12.1 Å². The molecule has 3 rings (SSSR count). The second-order valence-corrected chi connectivity index (χ2v) is 5.53. The lowest BCUT2D eigenvalue weighted by Gasteiger charge is -2.15. The van der Waals surface area contributed by atoms with E-state index in [1.807, 2.05) is 6.92 Å². The number of ether oxygens (including phenoxy) is 1. The number of methoxy groups -OCH3 is 1. The molecule has 8 heteroatoms. The molecule has 1 amide bonds. The maximum atomic E-state index is 12.6. The number of aliphatic hydroxyl groups excluding tert-OH is 1. The fraction of sp³-hybridized carbons (Fsp3) is 0.353. The van der Waals surface area contributed by atoms with E-state index in [-0.39, 0.29) is 36.9 Å². The summed E-state index contributed by atoms with van der Waals surface area (Å²) in [5.74, 6) is -0.366. The minimum atomic E-state index is -0.585. The van der Waals surface area contributed by atoms with Gasteiger partial charge in [0.25, 0.3) is 5.91 Å². The van der Waals surface area contributed by atoms with Gasteiger partial charge in [0.15, 0.2) is 11.5 Å². The minimum Gasteiger partial charge on any atom is -0.466 e. The Morgan fingerprint density at radius 3 is 2.96 bits per heavy atom.